The summed E-state index contributed by atoms with van der Waals surface area (Å²) in [5, 5.41) is 7.34. The third-order valence-corrected chi connectivity index (χ3v) is 5.64. The van der Waals surface area contributed by atoms with Gasteiger partial charge >= 0.3 is 0 Å². The fourth-order valence-electron chi connectivity index (χ4n) is 2.87. The topological polar surface area (TPSA) is 76.1 Å². The highest BCUT2D eigenvalue weighted by Crippen LogP contribution is 2.34. The quantitative estimate of drug-likeness (QED) is 0.696. The first kappa shape index (κ1) is 16.8. The van der Waals surface area contributed by atoms with Gasteiger partial charge in [0.2, 0.25) is 0 Å². The summed E-state index contributed by atoms with van der Waals surface area (Å²) in [4.78, 5) is 22.8. The molecule has 134 valence electrons. The van der Waals surface area contributed by atoms with E-state index < -0.39 is 0 Å². The van der Waals surface area contributed by atoms with Crippen molar-refractivity contribution in [3.63, 3.8) is 0 Å². The highest BCUT2D eigenvalue weighted by Gasteiger charge is 2.26. The Bertz CT molecular complexity index is 965. The van der Waals surface area contributed by atoms with Crippen LogP contribution in [0.1, 0.15) is 33.6 Å². The fourth-order valence-corrected chi connectivity index (χ4v) is 3.92. The fraction of sp³-hybridized carbons (Fsp3) is 0.316. The number of methoxy groups -OCH3 is 1. The van der Waals surface area contributed by atoms with Crippen molar-refractivity contribution in [2.45, 2.75) is 32.4 Å². The Kier molecular flexibility index (Phi) is 4.46. The summed E-state index contributed by atoms with van der Waals surface area (Å²) in [6.07, 6.45) is 3.68. The number of amides is 1. The molecule has 0 aliphatic heterocycles. The Balaban J connectivity index is 1.60. The number of thiophene rings is 1. The summed E-state index contributed by atoms with van der Waals surface area (Å²) in [5.74, 6) is 1.56. The molecular weight excluding hydrogens is 348 g/mol. The lowest BCUT2D eigenvalue weighted by Crippen LogP contribution is -2.24. The summed E-state index contributed by atoms with van der Waals surface area (Å²) in [6.45, 7) is 2.57. The van der Waals surface area contributed by atoms with Gasteiger partial charge in [0.25, 0.3) is 5.91 Å². The first-order valence-corrected chi connectivity index (χ1v) is 9.39. The maximum absolute atomic E-state index is 12.5. The van der Waals surface area contributed by atoms with Crippen LogP contribution in [-0.4, -0.2) is 29.0 Å². The second kappa shape index (κ2) is 6.92. The monoisotopic (exact) mass is 368 g/mol. The second-order valence-corrected chi connectivity index (χ2v) is 7.41. The van der Waals surface area contributed by atoms with Gasteiger partial charge in [-0.1, -0.05) is 12.1 Å². The van der Waals surface area contributed by atoms with E-state index >= 15 is 0 Å². The molecule has 1 amide bonds. The van der Waals surface area contributed by atoms with Crippen LogP contribution >= 0.6 is 11.3 Å². The Morgan fingerprint density at radius 1 is 1.35 bits per heavy atom. The van der Waals surface area contributed by atoms with Crippen LogP contribution in [-0.2, 0) is 6.54 Å². The van der Waals surface area contributed by atoms with Crippen LogP contribution < -0.4 is 15.4 Å². The highest BCUT2D eigenvalue weighted by atomic mass is 32.1. The highest BCUT2D eigenvalue weighted by molar-refractivity contribution is 7.20. The molecule has 3 aromatic rings. The van der Waals surface area contributed by atoms with Crippen LogP contribution in [0, 0.1) is 6.92 Å². The van der Waals surface area contributed by atoms with Crippen molar-refractivity contribution in [2.75, 3.05) is 12.4 Å². The van der Waals surface area contributed by atoms with E-state index in [1.165, 1.54) is 17.7 Å². The minimum Gasteiger partial charge on any atom is -0.497 e. The number of fused-ring (bicyclic) bond motifs is 1. The van der Waals surface area contributed by atoms with Crippen molar-refractivity contribution in [1.29, 1.82) is 0 Å². The molecule has 2 heterocycles. The van der Waals surface area contributed by atoms with E-state index in [1.54, 1.807) is 7.11 Å². The maximum Gasteiger partial charge on any atom is 0.261 e. The lowest BCUT2D eigenvalue weighted by atomic mass is 10.2. The normalized spacial score (nSPS) is 13.6. The largest absolute Gasteiger partial charge is 0.497 e. The van der Waals surface area contributed by atoms with Gasteiger partial charge in [-0.15, -0.1) is 11.3 Å². The number of rotatable bonds is 6. The number of hydrogen-bond acceptors (Lipinski definition) is 6. The zero-order valence-electron chi connectivity index (χ0n) is 14.7. The predicted molar refractivity (Wildman–Crippen MR) is 103 cm³/mol. The van der Waals surface area contributed by atoms with E-state index in [4.69, 9.17) is 4.74 Å². The molecule has 0 spiro atoms. The minimum absolute atomic E-state index is 0.00764. The zero-order valence-corrected chi connectivity index (χ0v) is 15.5. The molecule has 7 heteroatoms. The van der Waals surface area contributed by atoms with Gasteiger partial charge < -0.3 is 15.4 Å². The minimum atomic E-state index is -0.00764. The van der Waals surface area contributed by atoms with Gasteiger partial charge in [0.05, 0.1) is 17.4 Å². The Hall–Kier alpha value is -2.67. The van der Waals surface area contributed by atoms with Crippen LogP contribution in [0.5, 0.6) is 5.75 Å². The number of nitrogens with one attached hydrogen (secondary N) is 2. The molecule has 1 saturated carbocycles. The second-order valence-electron chi connectivity index (χ2n) is 6.41. The summed E-state index contributed by atoms with van der Waals surface area (Å²) >= 11 is 1.42. The van der Waals surface area contributed by atoms with Gasteiger partial charge in [-0.3, -0.25) is 4.79 Å². The number of aromatic nitrogens is 2. The molecule has 0 radical (unpaired) electrons. The third-order valence-electron chi connectivity index (χ3n) is 4.44. The number of aryl methyl sites for hydroxylation is 1. The van der Waals surface area contributed by atoms with Gasteiger partial charge in [0.15, 0.2) is 0 Å². The molecule has 0 atom stereocenters. The number of carbonyl (C=O) groups is 1. The van der Waals surface area contributed by atoms with Crippen molar-refractivity contribution >= 4 is 33.3 Å². The lowest BCUT2D eigenvalue weighted by Gasteiger charge is -2.08. The molecule has 1 aliphatic rings. The molecule has 1 aliphatic carbocycles. The van der Waals surface area contributed by atoms with E-state index in [1.807, 2.05) is 31.2 Å². The Morgan fingerprint density at radius 2 is 2.19 bits per heavy atom. The molecule has 1 aromatic carbocycles. The predicted octanol–water partition coefficient (Wildman–Crippen LogP) is 3.51. The van der Waals surface area contributed by atoms with Crippen LogP contribution in [0.25, 0.3) is 10.2 Å². The molecule has 0 bridgehead atoms. The van der Waals surface area contributed by atoms with Gasteiger partial charge in [-0.25, -0.2) is 9.97 Å². The van der Waals surface area contributed by atoms with Crippen LogP contribution in [0.2, 0.25) is 0 Å². The average Bonchev–Trinajstić information content (AvgIpc) is 3.41. The van der Waals surface area contributed by atoms with Crippen LogP contribution in [0.3, 0.4) is 0 Å². The number of ether oxygens (including phenoxy) is 1. The van der Waals surface area contributed by atoms with E-state index in [2.05, 4.69) is 20.6 Å². The number of nitrogens with zero attached hydrogens (tertiary/aromatic N) is 2. The molecular formula is C19H20N4O2S. The lowest BCUT2D eigenvalue weighted by molar-refractivity contribution is 0.0954. The SMILES string of the molecule is COc1cccc(CNc2ncnc3sc(C(=O)NC4CC4)c(C)c23)c1. The van der Waals surface area contributed by atoms with Crippen molar-refractivity contribution in [3.8, 4) is 5.75 Å². The number of benzene rings is 1. The standard InChI is InChI=1S/C19H20N4O2S/c1-11-15-17(20-9-12-4-3-5-14(8-12)25-2)21-10-22-19(15)26-16(11)18(24)23-13-6-7-13/h3-5,8,10,13H,6-7,9H2,1-2H3,(H,23,24)(H,20,21,22). The molecule has 0 saturated heterocycles. The molecule has 2 aromatic heterocycles. The Morgan fingerprint density at radius 3 is 2.96 bits per heavy atom. The van der Waals surface area contributed by atoms with Crippen molar-refractivity contribution < 1.29 is 9.53 Å². The van der Waals surface area contributed by atoms with Crippen LogP contribution in [0.4, 0.5) is 5.82 Å². The van der Waals surface area contributed by atoms with Gasteiger partial charge in [0, 0.05) is 12.6 Å². The van der Waals surface area contributed by atoms with E-state index in [0.717, 1.165) is 50.6 Å². The van der Waals surface area contributed by atoms with Gasteiger partial charge in [0.1, 0.15) is 22.7 Å². The Labute approximate surface area is 155 Å². The first-order valence-electron chi connectivity index (χ1n) is 8.57. The summed E-state index contributed by atoms with van der Waals surface area (Å²) in [7, 11) is 1.66. The molecule has 6 nitrogen and oxygen atoms in total. The molecule has 4 rings (SSSR count). The zero-order chi connectivity index (χ0) is 18.1. The third kappa shape index (κ3) is 3.35. The number of anilines is 1. The van der Waals surface area contributed by atoms with E-state index in [-0.39, 0.29) is 5.91 Å². The molecule has 26 heavy (non-hydrogen) atoms. The number of carbonyl (C=O) groups excluding carboxylic acids is 1. The van der Waals surface area contributed by atoms with E-state index in [9.17, 15) is 4.79 Å². The summed E-state index contributed by atoms with van der Waals surface area (Å²) in [5.41, 5.74) is 2.02. The molecule has 2 N–H and O–H groups in total. The smallest absolute Gasteiger partial charge is 0.261 e. The van der Waals surface area contributed by atoms with Gasteiger partial charge in [-0.05, 0) is 43.0 Å². The maximum atomic E-state index is 12.5. The van der Waals surface area contributed by atoms with Crippen molar-refractivity contribution in [3.05, 3.63) is 46.6 Å². The van der Waals surface area contributed by atoms with E-state index in [0.29, 0.717) is 12.6 Å². The molecule has 1 fully saturated rings. The van der Waals surface area contributed by atoms with Gasteiger partial charge in [-0.2, -0.15) is 0 Å². The first-order chi connectivity index (χ1) is 12.7. The van der Waals surface area contributed by atoms with Crippen molar-refractivity contribution in [1.82, 2.24) is 15.3 Å². The van der Waals surface area contributed by atoms with Crippen LogP contribution in [0.15, 0.2) is 30.6 Å². The summed E-state index contributed by atoms with van der Waals surface area (Å²) < 4.78 is 5.27. The van der Waals surface area contributed by atoms with Crippen molar-refractivity contribution in [2.24, 2.45) is 0 Å². The average molecular weight is 368 g/mol. The number of hydrogen-bond donors (Lipinski definition) is 2. The molecule has 0 unspecified atom stereocenters. The summed E-state index contributed by atoms with van der Waals surface area (Å²) in [6, 6.07) is 8.23.